The van der Waals surface area contributed by atoms with Gasteiger partial charge < -0.3 is 14.6 Å². The number of para-hydroxylation sites is 1. The van der Waals surface area contributed by atoms with Gasteiger partial charge in [0.25, 0.3) is 5.91 Å². The van der Waals surface area contributed by atoms with Gasteiger partial charge in [-0.05, 0) is 37.6 Å². The standard InChI is InChI=1S/C26H24F4N2O3/c1-14(2)35-24(34)17-12-32(23(33)16-9-7-10-18(21(16)27)26(28,29)30)13-25(3,4)20-15-8-5-6-11-19(15)31-22(17)20/h5-12,14,31H,13H2,1-4H3. The monoisotopic (exact) mass is 488 g/mol. The molecule has 1 aliphatic heterocycles. The number of amides is 1. The van der Waals surface area contributed by atoms with Crippen molar-refractivity contribution in [1.82, 2.24) is 9.88 Å². The SMILES string of the molecule is CC(C)OC(=O)C1=CN(C(=O)c2cccc(C(F)(F)F)c2F)CC(C)(C)c2c1[nH]c1ccccc21. The van der Waals surface area contributed by atoms with E-state index in [1.165, 1.54) is 6.20 Å². The number of fused-ring (bicyclic) bond motifs is 3. The predicted octanol–water partition coefficient (Wildman–Crippen LogP) is 6.05. The minimum atomic E-state index is -4.96. The number of carbonyl (C=O) groups excluding carboxylic acids is 2. The van der Waals surface area contributed by atoms with E-state index >= 15 is 0 Å². The Labute approximate surface area is 199 Å². The molecule has 0 atom stereocenters. The highest BCUT2D eigenvalue weighted by Crippen LogP contribution is 2.41. The molecule has 0 bridgehead atoms. The van der Waals surface area contributed by atoms with Gasteiger partial charge in [0.15, 0.2) is 0 Å². The molecule has 35 heavy (non-hydrogen) atoms. The molecule has 0 saturated heterocycles. The maximum absolute atomic E-state index is 14.8. The minimum Gasteiger partial charge on any atom is -0.459 e. The van der Waals surface area contributed by atoms with Gasteiger partial charge in [-0.2, -0.15) is 13.2 Å². The molecule has 2 heterocycles. The number of alkyl halides is 3. The first-order valence-corrected chi connectivity index (χ1v) is 11.0. The van der Waals surface area contributed by atoms with E-state index in [4.69, 9.17) is 4.74 Å². The highest BCUT2D eigenvalue weighted by molar-refractivity contribution is 6.18. The van der Waals surface area contributed by atoms with E-state index in [9.17, 15) is 27.2 Å². The Morgan fingerprint density at radius 3 is 2.43 bits per heavy atom. The van der Waals surface area contributed by atoms with Crippen LogP contribution < -0.4 is 0 Å². The highest BCUT2D eigenvalue weighted by Gasteiger charge is 2.40. The highest BCUT2D eigenvalue weighted by atomic mass is 19.4. The molecular formula is C26H24F4N2O3. The second-order valence-corrected chi connectivity index (χ2v) is 9.40. The molecule has 9 heteroatoms. The average Bonchev–Trinajstić information content (AvgIpc) is 3.09. The number of aromatic nitrogens is 1. The van der Waals surface area contributed by atoms with Gasteiger partial charge in [0.1, 0.15) is 5.82 Å². The number of nitrogens with zero attached hydrogens (tertiary/aromatic N) is 1. The van der Waals surface area contributed by atoms with Crippen LogP contribution in [-0.2, 0) is 21.1 Å². The zero-order valence-electron chi connectivity index (χ0n) is 19.6. The lowest BCUT2D eigenvalue weighted by molar-refractivity contribution is -0.141. The van der Waals surface area contributed by atoms with E-state index in [1.54, 1.807) is 13.8 Å². The van der Waals surface area contributed by atoms with E-state index < -0.39 is 46.5 Å². The molecule has 2 aromatic carbocycles. The van der Waals surface area contributed by atoms with Crippen molar-refractivity contribution in [2.24, 2.45) is 0 Å². The molecule has 3 aromatic rings. The third-order valence-electron chi connectivity index (χ3n) is 5.86. The van der Waals surface area contributed by atoms with E-state index in [1.807, 2.05) is 38.1 Å². The minimum absolute atomic E-state index is 0.0190. The Morgan fingerprint density at radius 1 is 1.09 bits per heavy atom. The second-order valence-electron chi connectivity index (χ2n) is 9.40. The van der Waals surface area contributed by atoms with Crippen molar-refractivity contribution < 1.29 is 31.9 Å². The van der Waals surface area contributed by atoms with E-state index in [-0.39, 0.29) is 12.1 Å². The fraction of sp³-hybridized carbons (Fsp3) is 0.308. The van der Waals surface area contributed by atoms with E-state index in [0.717, 1.165) is 33.5 Å². The van der Waals surface area contributed by atoms with Crippen LogP contribution in [0.5, 0.6) is 0 Å². The van der Waals surface area contributed by atoms with Crippen LogP contribution in [0.1, 0.15) is 54.9 Å². The molecule has 0 radical (unpaired) electrons. The summed E-state index contributed by atoms with van der Waals surface area (Å²) in [5.74, 6) is -3.37. The molecule has 1 aromatic heterocycles. The van der Waals surface area contributed by atoms with Crippen LogP contribution in [-0.4, -0.2) is 34.4 Å². The number of rotatable bonds is 3. The predicted molar refractivity (Wildman–Crippen MR) is 123 cm³/mol. The van der Waals surface area contributed by atoms with Crippen LogP contribution >= 0.6 is 0 Å². The number of benzene rings is 2. The Kier molecular flexibility index (Phi) is 5.99. The van der Waals surface area contributed by atoms with Crippen molar-refractivity contribution in [2.75, 3.05) is 6.54 Å². The van der Waals surface area contributed by atoms with Crippen molar-refractivity contribution in [3.8, 4) is 0 Å². The summed E-state index contributed by atoms with van der Waals surface area (Å²) in [5.41, 5.74) is -1.04. The number of aromatic amines is 1. The largest absolute Gasteiger partial charge is 0.459 e. The van der Waals surface area contributed by atoms with Crippen LogP contribution in [0.4, 0.5) is 17.6 Å². The molecule has 1 aliphatic rings. The summed E-state index contributed by atoms with van der Waals surface area (Å²) >= 11 is 0. The maximum Gasteiger partial charge on any atom is 0.419 e. The Bertz CT molecular complexity index is 1350. The number of halogens is 4. The molecule has 0 unspecified atom stereocenters. The zero-order chi connectivity index (χ0) is 25.7. The van der Waals surface area contributed by atoms with Crippen LogP contribution in [0.25, 0.3) is 16.5 Å². The lowest BCUT2D eigenvalue weighted by Gasteiger charge is -2.30. The first-order valence-electron chi connectivity index (χ1n) is 11.0. The van der Waals surface area contributed by atoms with E-state index in [2.05, 4.69) is 4.98 Å². The van der Waals surface area contributed by atoms with Gasteiger partial charge in [-0.25, -0.2) is 9.18 Å². The number of hydrogen-bond acceptors (Lipinski definition) is 3. The van der Waals surface area contributed by atoms with Gasteiger partial charge >= 0.3 is 12.1 Å². The average molecular weight is 488 g/mol. The fourth-order valence-electron chi connectivity index (χ4n) is 4.45. The second kappa shape index (κ2) is 8.55. The first-order chi connectivity index (χ1) is 16.3. The maximum atomic E-state index is 14.8. The Hall–Kier alpha value is -3.62. The Balaban J connectivity index is 1.90. The van der Waals surface area contributed by atoms with Crippen molar-refractivity contribution in [2.45, 2.75) is 45.4 Å². The fourth-order valence-corrected chi connectivity index (χ4v) is 4.45. The number of ether oxygens (including phenoxy) is 1. The van der Waals surface area contributed by atoms with Crippen molar-refractivity contribution in [3.63, 3.8) is 0 Å². The van der Waals surface area contributed by atoms with Crippen molar-refractivity contribution in [3.05, 3.63) is 76.9 Å². The molecule has 1 amide bonds. The van der Waals surface area contributed by atoms with Gasteiger partial charge in [0, 0.05) is 29.1 Å². The van der Waals surface area contributed by atoms with E-state index in [0.29, 0.717) is 11.8 Å². The molecule has 0 spiro atoms. The van der Waals surface area contributed by atoms with Gasteiger partial charge in [0.2, 0.25) is 0 Å². The molecular weight excluding hydrogens is 464 g/mol. The normalized spacial score (nSPS) is 15.6. The number of hydrogen-bond donors (Lipinski definition) is 1. The third kappa shape index (κ3) is 4.42. The molecule has 184 valence electrons. The summed E-state index contributed by atoms with van der Waals surface area (Å²) in [4.78, 5) is 30.8. The lowest BCUT2D eigenvalue weighted by atomic mass is 9.81. The lowest BCUT2D eigenvalue weighted by Crippen LogP contribution is -2.37. The number of esters is 1. The number of carbonyl (C=O) groups is 2. The number of nitrogens with one attached hydrogen (secondary N) is 1. The molecule has 0 saturated carbocycles. The van der Waals surface area contributed by atoms with Crippen LogP contribution in [0.2, 0.25) is 0 Å². The summed E-state index contributed by atoms with van der Waals surface area (Å²) in [6, 6.07) is 9.97. The molecule has 4 rings (SSSR count). The molecule has 0 aliphatic carbocycles. The van der Waals surface area contributed by atoms with Crippen LogP contribution in [0.3, 0.4) is 0 Å². The summed E-state index contributed by atoms with van der Waals surface area (Å²) in [6.45, 7) is 7.02. The van der Waals surface area contributed by atoms with Crippen molar-refractivity contribution >= 4 is 28.4 Å². The smallest absolute Gasteiger partial charge is 0.419 e. The zero-order valence-corrected chi connectivity index (χ0v) is 19.6. The van der Waals surface area contributed by atoms with Gasteiger partial charge in [0.05, 0.1) is 28.5 Å². The topological polar surface area (TPSA) is 62.4 Å². The molecule has 1 N–H and O–H groups in total. The molecule has 0 fully saturated rings. The van der Waals surface area contributed by atoms with Crippen LogP contribution in [0, 0.1) is 5.82 Å². The Morgan fingerprint density at radius 2 is 1.77 bits per heavy atom. The summed E-state index contributed by atoms with van der Waals surface area (Å²) < 4.78 is 60.0. The van der Waals surface area contributed by atoms with Gasteiger partial charge in [-0.15, -0.1) is 0 Å². The summed E-state index contributed by atoms with van der Waals surface area (Å²) in [5, 5.41) is 0.829. The van der Waals surface area contributed by atoms with Crippen molar-refractivity contribution in [1.29, 1.82) is 0 Å². The van der Waals surface area contributed by atoms with Gasteiger partial charge in [-0.1, -0.05) is 38.1 Å². The van der Waals surface area contributed by atoms with Crippen LogP contribution in [0.15, 0.2) is 48.7 Å². The summed E-state index contributed by atoms with van der Waals surface area (Å²) in [7, 11) is 0. The molecule has 5 nitrogen and oxygen atoms in total. The summed E-state index contributed by atoms with van der Waals surface area (Å²) in [6.07, 6.45) is -4.19. The number of H-pyrrole nitrogens is 1. The third-order valence-corrected chi connectivity index (χ3v) is 5.86. The quantitative estimate of drug-likeness (QED) is 0.361. The first kappa shape index (κ1) is 24.5. The van der Waals surface area contributed by atoms with Gasteiger partial charge in [-0.3, -0.25) is 4.79 Å².